The van der Waals surface area contributed by atoms with E-state index in [1.165, 1.54) is 30.7 Å². The van der Waals surface area contributed by atoms with Crippen LogP contribution < -0.4 is 15.2 Å². The third-order valence-electron chi connectivity index (χ3n) is 3.63. The lowest BCUT2D eigenvalue weighted by Gasteiger charge is -2.26. The summed E-state index contributed by atoms with van der Waals surface area (Å²) in [5.41, 5.74) is 6.09. The second-order valence-corrected chi connectivity index (χ2v) is 6.70. The normalized spacial score (nSPS) is 12.0. The fraction of sp³-hybridized carbons (Fsp3) is 0.571. The largest absolute Gasteiger partial charge is 0.495 e. The molecule has 21 heavy (non-hydrogen) atoms. The summed E-state index contributed by atoms with van der Waals surface area (Å²) in [5, 5.41) is 0. The molecule has 0 aliphatic carbocycles. The number of ether oxygens (including phenoxy) is 2. The van der Waals surface area contributed by atoms with E-state index < -0.39 is 10.0 Å². The van der Waals surface area contributed by atoms with Crippen molar-refractivity contribution in [2.24, 2.45) is 0 Å². The Bertz CT molecular complexity index is 583. The predicted octanol–water partition coefficient (Wildman–Crippen LogP) is 2.10. The zero-order valence-electron chi connectivity index (χ0n) is 13.2. The minimum absolute atomic E-state index is 0.0534. The van der Waals surface area contributed by atoms with E-state index in [9.17, 15) is 8.42 Å². The first kappa shape index (κ1) is 17.6. The maximum atomic E-state index is 12.8. The number of hydrogen-bond acceptors (Lipinski definition) is 5. The molecule has 0 unspecified atom stereocenters. The summed E-state index contributed by atoms with van der Waals surface area (Å²) in [6.45, 7) is 3.92. The van der Waals surface area contributed by atoms with Crippen molar-refractivity contribution in [2.45, 2.75) is 37.6 Å². The lowest BCUT2D eigenvalue weighted by Crippen LogP contribution is -2.36. The van der Waals surface area contributed by atoms with E-state index in [0.717, 1.165) is 12.8 Å². The van der Waals surface area contributed by atoms with Crippen LogP contribution in [0.1, 0.15) is 26.7 Å². The Morgan fingerprint density at radius 3 is 2.10 bits per heavy atom. The average Bonchev–Trinajstić information content (AvgIpc) is 2.47. The van der Waals surface area contributed by atoms with Crippen molar-refractivity contribution in [3.8, 4) is 11.5 Å². The summed E-state index contributed by atoms with van der Waals surface area (Å²) in [4.78, 5) is 0.0534. The molecule has 0 aromatic heterocycles. The summed E-state index contributed by atoms with van der Waals surface area (Å²) in [6.07, 6.45) is 1.47. The molecule has 7 heteroatoms. The van der Waals surface area contributed by atoms with Crippen molar-refractivity contribution in [1.82, 2.24) is 4.31 Å². The molecule has 0 aliphatic rings. The summed E-state index contributed by atoms with van der Waals surface area (Å²) >= 11 is 0. The molecule has 0 atom stereocenters. The van der Waals surface area contributed by atoms with Gasteiger partial charge in [0.1, 0.15) is 16.4 Å². The number of methoxy groups -OCH3 is 2. The van der Waals surface area contributed by atoms with Crippen LogP contribution in [0.2, 0.25) is 0 Å². The Labute approximate surface area is 126 Å². The van der Waals surface area contributed by atoms with Gasteiger partial charge in [-0.25, -0.2) is 8.42 Å². The second-order valence-electron chi connectivity index (χ2n) is 4.74. The number of nitrogens with zero attached hydrogens (tertiary/aromatic N) is 1. The molecule has 0 heterocycles. The summed E-state index contributed by atoms with van der Waals surface area (Å²) in [6, 6.07) is 2.80. The van der Waals surface area contributed by atoms with E-state index in [0.29, 0.717) is 5.75 Å². The highest BCUT2D eigenvalue weighted by Gasteiger charge is 2.30. The van der Waals surface area contributed by atoms with E-state index >= 15 is 0 Å². The maximum Gasteiger partial charge on any atom is 0.246 e. The number of benzene rings is 1. The van der Waals surface area contributed by atoms with Gasteiger partial charge in [0.2, 0.25) is 10.0 Å². The van der Waals surface area contributed by atoms with E-state index in [4.69, 9.17) is 15.2 Å². The van der Waals surface area contributed by atoms with Crippen LogP contribution in [0.15, 0.2) is 17.0 Å². The fourth-order valence-corrected chi connectivity index (χ4v) is 3.92. The van der Waals surface area contributed by atoms with Crippen LogP contribution in [-0.4, -0.2) is 40.0 Å². The zero-order valence-corrected chi connectivity index (χ0v) is 14.0. The second kappa shape index (κ2) is 7.00. The number of nitrogen functional groups attached to an aromatic ring is 1. The average molecular weight is 316 g/mol. The van der Waals surface area contributed by atoms with Crippen molar-refractivity contribution in [3.05, 3.63) is 12.1 Å². The smallest absolute Gasteiger partial charge is 0.246 e. The molecule has 0 bridgehead atoms. The van der Waals surface area contributed by atoms with E-state index in [1.807, 2.05) is 13.8 Å². The molecule has 0 spiro atoms. The molecule has 0 fully saturated rings. The highest BCUT2D eigenvalue weighted by molar-refractivity contribution is 7.89. The first-order valence-corrected chi connectivity index (χ1v) is 8.26. The molecule has 120 valence electrons. The van der Waals surface area contributed by atoms with Crippen LogP contribution in [0.25, 0.3) is 0 Å². The van der Waals surface area contributed by atoms with Crippen molar-refractivity contribution in [1.29, 1.82) is 0 Å². The summed E-state index contributed by atoms with van der Waals surface area (Å²) in [7, 11) is 0.782. The molecule has 0 aliphatic heterocycles. The van der Waals surface area contributed by atoms with Crippen LogP contribution in [0.3, 0.4) is 0 Å². The topological polar surface area (TPSA) is 81.9 Å². The number of rotatable bonds is 7. The maximum absolute atomic E-state index is 12.8. The Morgan fingerprint density at radius 2 is 1.67 bits per heavy atom. The molecule has 1 aromatic rings. The molecule has 0 radical (unpaired) electrons. The molecular weight excluding hydrogens is 292 g/mol. The molecule has 1 rings (SSSR count). The van der Waals surface area contributed by atoms with Crippen LogP contribution >= 0.6 is 0 Å². The van der Waals surface area contributed by atoms with Gasteiger partial charge in [0.15, 0.2) is 0 Å². The number of anilines is 1. The van der Waals surface area contributed by atoms with E-state index in [1.54, 1.807) is 7.05 Å². The zero-order chi connectivity index (χ0) is 16.2. The van der Waals surface area contributed by atoms with Crippen molar-refractivity contribution < 1.29 is 17.9 Å². The minimum atomic E-state index is -3.68. The Hall–Kier alpha value is -1.47. The molecular formula is C14H24N2O4S. The number of sulfonamides is 1. The van der Waals surface area contributed by atoms with Gasteiger partial charge in [-0.05, 0) is 18.9 Å². The number of hydrogen-bond donors (Lipinski definition) is 1. The number of nitrogens with two attached hydrogens (primary N) is 1. The third-order valence-corrected chi connectivity index (χ3v) is 5.56. The van der Waals surface area contributed by atoms with Gasteiger partial charge in [0, 0.05) is 19.2 Å². The van der Waals surface area contributed by atoms with Gasteiger partial charge in [-0.15, -0.1) is 0 Å². The summed E-state index contributed by atoms with van der Waals surface area (Å²) < 4.78 is 37.2. The van der Waals surface area contributed by atoms with Gasteiger partial charge >= 0.3 is 0 Å². The van der Waals surface area contributed by atoms with Crippen LogP contribution in [0, 0.1) is 0 Å². The van der Waals surface area contributed by atoms with Crippen LogP contribution in [0.4, 0.5) is 5.69 Å². The molecule has 2 N–H and O–H groups in total. The lowest BCUT2D eigenvalue weighted by atomic mass is 10.2. The van der Waals surface area contributed by atoms with Crippen molar-refractivity contribution in [2.75, 3.05) is 27.0 Å². The van der Waals surface area contributed by atoms with Gasteiger partial charge in [0.05, 0.1) is 19.9 Å². The highest BCUT2D eigenvalue weighted by Crippen LogP contribution is 2.35. The van der Waals surface area contributed by atoms with Gasteiger partial charge < -0.3 is 15.2 Å². The van der Waals surface area contributed by atoms with Crippen LogP contribution in [0.5, 0.6) is 11.5 Å². The van der Waals surface area contributed by atoms with E-state index in [2.05, 4.69) is 0 Å². The first-order valence-electron chi connectivity index (χ1n) is 6.82. The molecule has 1 aromatic carbocycles. The van der Waals surface area contributed by atoms with E-state index in [-0.39, 0.29) is 22.4 Å². The lowest BCUT2D eigenvalue weighted by molar-refractivity contribution is 0.344. The minimum Gasteiger partial charge on any atom is -0.495 e. The van der Waals surface area contributed by atoms with Gasteiger partial charge in [-0.3, -0.25) is 0 Å². The van der Waals surface area contributed by atoms with Gasteiger partial charge in [-0.1, -0.05) is 13.8 Å². The molecule has 0 saturated carbocycles. The van der Waals surface area contributed by atoms with Gasteiger partial charge in [0.25, 0.3) is 0 Å². The van der Waals surface area contributed by atoms with Crippen molar-refractivity contribution in [3.63, 3.8) is 0 Å². The molecule has 6 nitrogen and oxygen atoms in total. The van der Waals surface area contributed by atoms with Crippen LogP contribution in [-0.2, 0) is 10.0 Å². The van der Waals surface area contributed by atoms with Crippen molar-refractivity contribution >= 4 is 15.7 Å². The predicted molar refractivity (Wildman–Crippen MR) is 83.3 cm³/mol. The quantitative estimate of drug-likeness (QED) is 0.779. The highest BCUT2D eigenvalue weighted by atomic mass is 32.2. The van der Waals surface area contributed by atoms with Gasteiger partial charge in [-0.2, -0.15) is 4.31 Å². The standard InChI is InChI=1S/C14H24N2O4S/c1-6-10(7-2)16(3)21(17,18)14-8-11(15)12(19-4)9-13(14)20-5/h8-10H,6-7,15H2,1-5H3. The Balaban J connectivity index is 3.40. The Morgan fingerprint density at radius 1 is 1.14 bits per heavy atom. The fourth-order valence-electron chi connectivity index (χ4n) is 2.25. The molecule has 0 saturated heterocycles. The SMILES string of the molecule is CCC(CC)N(C)S(=O)(=O)c1cc(N)c(OC)cc1OC. The molecule has 0 amide bonds. The third kappa shape index (κ3) is 3.41. The first-order chi connectivity index (χ1) is 9.83. The monoisotopic (exact) mass is 316 g/mol. The summed E-state index contributed by atoms with van der Waals surface area (Å²) in [5.74, 6) is 0.606. The Kier molecular flexibility index (Phi) is 5.86.